The maximum absolute atomic E-state index is 13.2. The van der Waals surface area contributed by atoms with Crippen molar-refractivity contribution in [2.45, 2.75) is 6.17 Å². The predicted octanol–water partition coefficient (Wildman–Crippen LogP) is 4.66. The summed E-state index contributed by atoms with van der Waals surface area (Å²) >= 11 is 1.58. The predicted molar refractivity (Wildman–Crippen MR) is 90.3 cm³/mol. The second-order valence-corrected chi connectivity index (χ2v) is 6.08. The first-order valence-corrected chi connectivity index (χ1v) is 8.15. The molecule has 23 heavy (non-hydrogen) atoms. The van der Waals surface area contributed by atoms with Crippen molar-refractivity contribution in [3.05, 3.63) is 82.3 Å². The van der Waals surface area contributed by atoms with Crippen molar-refractivity contribution in [1.29, 1.82) is 0 Å². The summed E-state index contributed by atoms with van der Waals surface area (Å²) in [5.41, 5.74) is 3.09. The topological polar surface area (TPSA) is 32.3 Å². The van der Waals surface area contributed by atoms with Crippen LogP contribution in [-0.2, 0) is 0 Å². The summed E-state index contributed by atoms with van der Waals surface area (Å²) in [6.45, 7) is 0. The molecule has 1 amide bonds. The van der Waals surface area contributed by atoms with Crippen LogP contribution in [0.2, 0.25) is 0 Å². The van der Waals surface area contributed by atoms with Crippen molar-refractivity contribution in [3.8, 4) is 0 Å². The number of thiophene rings is 1. The molecular weight excluding hydrogens is 311 g/mol. The Hall–Kier alpha value is -2.66. The summed E-state index contributed by atoms with van der Waals surface area (Å²) < 4.78 is 13.2. The number of para-hydroxylation sites is 1. The van der Waals surface area contributed by atoms with Gasteiger partial charge in [0.25, 0.3) is 5.91 Å². The van der Waals surface area contributed by atoms with Crippen LogP contribution in [0, 0.1) is 5.82 Å². The van der Waals surface area contributed by atoms with E-state index in [2.05, 4.69) is 5.32 Å². The lowest BCUT2D eigenvalue weighted by Crippen LogP contribution is -2.43. The first-order chi connectivity index (χ1) is 11.2. The molecule has 2 aromatic carbocycles. The van der Waals surface area contributed by atoms with Crippen LogP contribution in [0.1, 0.15) is 22.1 Å². The van der Waals surface area contributed by atoms with Gasteiger partial charge in [-0.25, -0.2) is 4.39 Å². The number of anilines is 2. The summed E-state index contributed by atoms with van der Waals surface area (Å²) in [7, 11) is 0. The third-order valence-corrected chi connectivity index (χ3v) is 4.59. The van der Waals surface area contributed by atoms with Crippen LogP contribution in [0.3, 0.4) is 0 Å². The molecule has 3 nitrogen and oxygen atoms in total. The zero-order valence-electron chi connectivity index (χ0n) is 12.1. The SMILES string of the molecule is O=C1c2ccccc2N[C@H](c2ccsc2)N1c1ccc(F)cc1. The van der Waals surface area contributed by atoms with Crippen LogP contribution in [0.4, 0.5) is 15.8 Å². The maximum atomic E-state index is 13.2. The number of nitrogens with zero attached hydrogens (tertiary/aromatic N) is 1. The van der Waals surface area contributed by atoms with Gasteiger partial charge in [-0.05, 0) is 53.2 Å². The molecule has 0 saturated heterocycles. The number of halogens is 1. The summed E-state index contributed by atoms with van der Waals surface area (Å²) in [6.07, 6.45) is -0.311. The molecule has 0 bridgehead atoms. The Kier molecular flexibility index (Phi) is 3.35. The van der Waals surface area contributed by atoms with E-state index in [1.165, 1.54) is 12.1 Å². The fourth-order valence-electron chi connectivity index (χ4n) is 2.79. The van der Waals surface area contributed by atoms with Crippen LogP contribution >= 0.6 is 11.3 Å². The number of nitrogens with one attached hydrogen (secondary N) is 1. The lowest BCUT2D eigenvalue weighted by Gasteiger charge is -2.37. The Bertz CT molecular complexity index is 846. The van der Waals surface area contributed by atoms with Gasteiger partial charge < -0.3 is 5.32 Å². The molecule has 4 rings (SSSR count). The highest BCUT2D eigenvalue weighted by molar-refractivity contribution is 7.08. The number of fused-ring (bicyclic) bond motifs is 1. The van der Waals surface area contributed by atoms with Crippen molar-refractivity contribution < 1.29 is 9.18 Å². The molecule has 5 heteroatoms. The highest BCUT2D eigenvalue weighted by atomic mass is 32.1. The molecule has 1 aliphatic rings. The zero-order valence-corrected chi connectivity index (χ0v) is 12.9. The summed E-state index contributed by atoms with van der Waals surface area (Å²) in [6, 6.07) is 15.4. The van der Waals surface area contributed by atoms with E-state index in [0.717, 1.165) is 11.3 Å². The lowest BCUT2D eigenvalue weighted by atomic mass is 10.0. The van der Waals surface area contributed by atoms with Gasteiger partial charge in [-0.15, -0.1) is 0 Å². The van der Waals surface area contributed by atoms with Gasteiger partial charge in [-0.2, -0.15) is 11.3 Å². The van der Waals surface area contributed by atoms with Crippen molar-refractivity contribution in [2.24, 2.45) is 0 Å². The van der Waals surface area contributed by atoms with Gasteiger partial charge in [0.2, 0.25) is 0 Å². The number of carbonyl (C=O) groups is 1. The van der Waals surface area contributed by atoms with Gasteiger partial charge >= 0.3 is 0 Å². The van der Waals surface area contributed by atoms with E-state index in [1.807, 2.05) is 35.0 Å². The normalized spacial score (nSPS) is 16.8. The van der Waals surface area contributed by atoms with E-state index >= 15 is 0 Å². The van der Waals surface area contributed by atoms with E-state index in [1.54, 1.807) is 34.4 Å². The quantitative estimate of drug-likeness (QED) is 0.743. The first kappa shape index (κ1) is 14.0. The van der Waals surface area contributed by atoms with E-state index in [-0.39, 0.29) is 17.9 Å². The molecule has 1 atom stereocenters. The zero-order chi connectivity index (χ0) is 15.8. The summed E-state index contributed by atoms with van der Waals surface area (Å²) in [4.78, 5) is 14.7. The molecule has 1 aromatic heterocycles. The van der Waals surface area contributed by atoms with E-state index in [9.17, 15) is 9.18 Å². The molecular formula is C18H13FN2OS. The number of rotatable bonds is 2. The number of amides is 1. The van der Waals surface area contributed by atoms with Crippen LogP contribution in [0.15, 0.2) is 65.4 Å². The fourth-order valence-corrected chi connectivity index (χ4v) is 3.46. The van der Waals surface area contributed by atoms with Gasteiger partial charge in [-0.1, -0.05) is 12.1 Å². The van der Waals surface area contributed by atoms with Crippen molar-refractivity contribution >= 4 is 28.6 Å². The standard InChI is InChI=1S/C18H13FN2OS/c19-13-5-7-14(8-6-13)21-17(12-9-10-23-11-12)20-16-4-2-1-3-15(16)18(21)22/h1-11,17,20H/t17-/m0/s1. The molecule has 1 N–H and O–H groups in total. The van der Waals surface area contributed by atoms with E-state index < -0.39 is 0 Å². The second-order valence-electron chi connectivity index (χ2n) is 5.30. The highest BCUT2D eigenvalue weighted by Gasteiger charge is 2.34. The minimum Gasteiger partial charge on any atom is -0.360 e. The van der Waals surface area contributed by atoms with Gasteiger partial charge in [0.15, 0.2) is 0 Å². The van der Waals surface area contributed by atoms with Crippen molar-refractivity contribution in [1.82, 2.24) is 0 Å². The lowest BCUT2D eigenvalue weighted by molar-refractivity contribution is 0.0975. The summed E-state index contributed by atoms with van der Waals surface area (Å²) in [5.74, 6) is -0.416. The molecule has 0 aliphatic carbocycles. The number of hydrogen-bond donors (Lipinski definition) is 1. The molecule has 0 unspecified atom stereocenters. The first-order valence-electron chi connectivity index (χ1n) is 7.21. The molecule has 0 fully saturated rings. The second kappa shape index (κ2) is 5.52. The smallest absolute Gasteiger partial charge is 0.262 e. The Morgan fingerprint density at radius 3 is 2.57 bits per heavy atom. The Balaban J connectivity index is 1.85. The fraction of sp³-hybridized carbons (Fsp3) is 0.0556. The van der Waals surface area contributed by atoms with E-state index in [4.69, 9.17) is 0 Å². The van der Waals surface area contributed by atoms with Crippen LogP contribution < -0.4 is 10.2 Å². The van der Waals surface area contributed by atoms with Gasteiger partial charge in [-0.3, -0.25) is 9.69 Å². The van der Waals surface area contributed by atoms with Crippen LogP contribution in [0.5, 0.6) is 0 Å². The van der Waals surface area contributed by atoms with Crippen molar-refractivity contribution in [2.75, 3.05) is 10.2 Å². The molecule has 0 saturated carbocycles. The Morgan fingerprint density at radius 2 is 1.83 bits per heavy atom. The van der Waals surface area contributed by atoms with Crippen LogP contribution in [-0.4, -0.2) is 5.91 Å². The number of hydrogen-bond acceptors (Lipinski definition) is 3. The van der Waals surface area contributed by atoms with Gasteiger partial charge in [0.05, 0.1) is 5.56 Å². The van der Waals surface area contributed by atoms with Gasteiger partial charge in [0.1, 0.15) is 12.0 Å². The average Bonchev–Trinajstić information content (AvgIpc) is 3.10. The summed E-state index contributed by atoms with van der Waals surface area (Å²) in [5, 5.41) is 7.40. The van der Waals surface area contributed by atoms with Gasteiger partial charge in [0, 0.05) is 16.9 Å². The maximum Gasteiger partial charge on any atom is 0.262 e. The molecule has 2 heterocycles. The largest absolute Gasteiger partial charge is 0.360 e. The Morgan fingerprint density at radius 1 is 1.04 bits per heavy atom. The molecule has 114 valence electrons. The minimum absolute atomic E-state index is 0.0952. The third-order valence-electron chi connectivity index (χ3n) is 3.89. The molecule has 1 aliphatic heterocycles. The monoisotopic (exact) mass is 324 g/mol. The molecule has 3 aromatic rings. The number of carbonyl (C=O) groups excluding carboxylic acids is 1. The molecule has 0 spiro atoms. The van der Waals surface area contributed by atoms with E-state index in [0.29, 0.717) is 11.3 Å². The Labute approximate surface area is 137 Å². The minimum atomic E-state index is -0.321. The van der Waals surface area contributed by atoms with Crippen LogP contribution in [0.25, 0.3) is 0 Å². The molecule has 0 radical (unpaired) electrons. The third kappa shape index (κ3) is 2.39. The highest BCUT2D eigenvalue weighted by Crippen LogP contribution is 2.37. The average molecular weight is 324 g/mol. The van der Waals surface area contributed by atoms with Crippen molar-refractivity contribution in [3.63, 3.8) is 0 Å². The number of benzene rings is 2.